The van der Waals surface area contributed by atoms with Crippen LogP contribution in [0.5, 0.6) is 0 Å². The van der Waals surface area contributed by atoms with Crippen molar-refractivity contribution in [2.75, 3.05) is 0 Å². The van der Waals surface area contributed by atoms with Gasteiger partial charge in [-0.1, -0.05) is 13.8 Å². The number of rotatable bonds is 5. The molecule has 2 aromatic rings. The SMILES string of the molecule is CC(C)C[C@@]1(C(=O)OC(C)(C)C)C[C@H](c2c#cncn2)[C@H](c2nccs2)N1. The first-order valence-corrected chi connectivity index (χ1v) is 10.1. The van der Waals surface area contributed by atoms with E-state index in [-0.39, 0.29) is 17.9 Å². The van der Waals surface area contributed by atoms with E-state index in [9.17, 15) is 4.79 Å². The van der Waals surface area contributed by atoms with Gasteiger partial charge in [-0.15, -0.1) is 11.3 Å². The minimum Gasteiger partial charge on any atom is -0.459 e. The number of esters is 1. The molecule has 2 aromatic heterocycles. The number of nitrogens with zero attached hydrogens (tertiary/aromatic N) is 3. The zero-order chi connectivity index (χ0) is 19.7. The topological polar surface area (TPSA) is 77.0 Å². The summed E-state index contributed by atoms with van der Waals surface area (Å²) in [6.07, 6.45) is 7.25. The third-order valence-corrected chi connectivity index (χ3v) is 5.38. The third kappa shape index (κ3) is 4.45. The van der Waals surface area contributed by atoms with Gasteiger partial charge in [-0.3, -0.25) is 10.1 Å². The van der Waals surface area contributed by atoms with Gasteiger partial charge in [-0.25, -0.2) is 9.97 Å². The number of aromatic nitrogens is 3. The number of thiazole rings is 1. The second-order valence-corrected chi connectivity index (χ2v) is 9.41. The molecule has 0 aromatic carbocycles. The Labute approximate surface area is 164 Å². The summed E-state index contributed by atoms with van der Waals surface area (Å²) in [6.45, 7) is 9.91. The fourth-order valence-electron chi connectivity index (χ4n) is 3.70. The van der Waals surface area contributed by atoms with Crippen LogP contribution in [0.2, 0.25) is 0 Å². The molecule has 0 aliphatic carbocycles. The fourth-order valence-corrected chi connectivity index (χ4v) is 4.45. The average Bonchev–Trinajstić information content (AvgIpc) is 3.21. The number of ether oxygens (including phenoxy) is 1. The van der Waals surface area contributed by atoms with Crippen molar-refractivity contribution < 1.29 is 9.53 Å². The predicted molar refractivity (Wildman–Crippen MR) is 103 cm³/mol. The summed E-state index contributed by atoms with van der Waals surface area (Å²) in [5.74, 6) is 0.0501. The van der Waals surface area contributed by atoms with Crippen LogP contribution in [0, 0.1) is 18.2 Å². The standard InChI is InChI=1S/C20H26N4O2S/c1-13(2)10-20(18(25)26-19(3,4)5)11-14(15-6-7-21-12-23-15)16(24-20)17-22-8-9-27-17/h8-9,12-14,16,24H,10-11H2,1-5H3/t14-,16-,20+/m1/s1. The van der Waals surface area contributed by atoms with Gasteiger partial charge in [0.05, 0.1) is 11.7 Å². The Kier molecular flexibility index (Phi) is 5.50. The van der Waals surface area contributed by atoms with Crippen LogP contribution in [0.3, 0.4) is 0 Å². The summed E-state index contributed by atoms with van der Waals surface area (Å²) in [4.78, 5) is 26.0. The minimum atomic E-state index is -0.790. The molecule has 0 amide bonds. The van der Waals surface area contributed by atoms with Crippen LogP contribution < -0.4 is 5.32 Å². The highest BCUT2D eigenvalue weighted by atomic mass is 32.1. The van der Waals surface area contributed by atoms with Crippen molar-refractivity contribution in [3.8, 4) is 0 Å². The lowest BCUT2D eigenvalue weighted by molar-refractivity contribution is -0.163. The number of nitrogens with one attached hydrogen (secondary N) is 1. The van der Waals surface area contributed by atoms with Gasteiger partial charge in [0, 0.05) is 23.7 Å². The number of carbonyl (C=O) groups is 1. The lowest BCUT2D eigenvalue weighted by Crippen LogP contribution is -2.52. The first-order chi connectivity index (χ1) is 12.7. The zero-order valence-electron chi connectivity index (χ0n) is 16.4. The third-order valence-electron chi connectivity index (χ3n) is 4.52. The molecule has 0 spiro atoms. The first kappa shape index (κ1) is 19.7. The molecule has 0 unspecified atom stereocenters. The average molecular weight is 387 g/mol. The monoisotopic (exact) mass is 386 g/mol. The highest BCUT2D eigenvalue weighted by Gasteiger charge is 2.53. The Balaban J connectivity index is 2.00. The normalized spacial score (nSPS) is 25.4. The molecule has 3 atom stereocenters. The molecule has 0 bridgehead atoms. The van der Waals surface area contributed by atoms with Gasteiger partial charge in [-0.2, -0.15) is 4.98 Å². The van der Waals surface area contributed by atoms with Gasteiger partial charge < -0.3 is 4.74 Å². The molecule has 0 saturated carbocycles. The lowest BCUT2D eigenvalue weighted by atomic mass is 9.83. The molecule has 144 valence electrons. The largest absolute Gasteiger partial charge is 0.459 e. The Morgan fingerprint density at radius 1 is 1.44 bits per heavy atom. The summed E-state index contributed by atoms with van der Waals surface area (Å²) in [5.41, 5.74) is -0.597. The highest BCUT2D eigenvalue weighted by molar-refractivity contribution is 7.09. The maximum atomic E-state index is 13.3. The van der Waals surface area contributed by atoms with E-state index < -0.39 is 11.1 Å². The van der Waals surface area contributed by atoms with Gasteiger partial charge in [0.25, 0.3) is 0 Å². The molecule has 6 nitrogen and oxygen atoms in total. The van der Waals surface area contributed by atoms with Gasteiger partial charge in [0.1, 0.15) is 22.5 Å². The molecule has 1 saturated heterocycles. The van der Waals surface area contributed by atoms with Gasteiger partial charge in [-0.05, 0) is 45.6 Å². The summed E-state index contributed by atoms with van der Waals surface area (Å²) < 4.78 is 5.81. The molecular weight excluding hydrogens is 360 g/mol. The van der Waals surface area contributed by atoms with E-state index in [1.54, 1.807) is 17.5 Å². The fraction of sp³-hybridized carbons (Fsp3) is 0.600. The van der Waals surface area contributed by atoms with E-state index in [2.05, 4.69) is 46.4 Å². The second kappa shape index (κ2) is 7.53. The quantitative estimate of drug-likeness (QED) is 0.793. The highest BCUT2D eigenvalue weighted by Crippen LogP contribution is 2.47. The molecule has 1 N–H and O–H groups in total. The van der Waals surface area contributed by atoms with Gasteiger partial charge in [0.15, 0.2) is 0 Å². The van der Waals surface area contributed by atoms with Crippen LogP contribution in [0.15, 0.2) is 17.9 Å². The molecule has 1 aliphatic rings. The van der Waals surface area contributed by atoms with Crippen molar-refractivity contribution in [3.63, 3.8) is 0 Å². The smallest absolute Gasteiger partial charge is 0.326 e. The summed E-state index contributed by atoms with van der Waals surface area (Å²) in [6, 6.07) is 2.89. The van der Waals surface area contributed by atoms with E-state index in [4.69, 9.17) is 4.74 Å². The van der Waals surface area contributed by atoms with E-state index in [1.807, 2.05) is 26.2 Å². The molecule has 27 heavy (non-hydrogen) atoms. The van der Waals surface area contributed by atoms with Crippen molar-refractivity contribution >= 4 is 17.3 Å². The zero-order valence-corrected chi connectivity index (χ0v) is 17.3. The number of hydrogen-bond donors (Lipinski definition) is 1. The van der Waals surface area contributed by atoms with Crippen LogP contribution >= 0.6 is 11.3 Å². The van der Waals surface area contributed by atoms with Crippen LogP contribution in [0.25, 0.3) is 0 Å². The van der Waals surface area contributed by atoms with Crippen molar-refractivity contribution in [3.05, 3.63) is 40.9 Å². The molecule has 1 fully saturated rings. The van der Waals surface area contributed by atoms with Crippen LogP contribution in [0.1, 0.15) is 70.1 Å². The number of carbonyl (C=O) groups excluding carboxylic acids is 1. The minimum absolute atomic E-state index is 0.0540. The molecule has 7 heteroatoms. The Bertz CT molecular complexity index is 758. The van der Waals surface area contributed by atoms with Crippen LogP contribution in [-0.2, 0) is 9.53 Å². The summed E-state index contributed by atoms with van der Waals surface area (Å²) in [7, 11) is 0. The van der Waals surface area contributed by atoms with E-state index in [1.165, 1.54) is 6.33 Å². The molecule has 3 rings (SSSR count). The second-order valence-electron chi connectivity index (χ2n) is 8.48. The van der Waals surface area contributed by atoms with E-state index in [0.29, 0.717) is 18.8 Å². The van der Waals surface area contributed by atoms with Crippen molar-refractivity contribution in [1.29, 1.82) is 0 Å². The van der Waals surface area contributed by atoms with Gasteiger partial charge >= 0.3 is 5.97 Å². The van der Waals surface area contributed by atoms with E-state index in [0.717, 1.165) is 10.7 Å². The maximum Gasteiger partial charge on any atom is 0.326 e. The predicted octanol–water partition coefficient (Wildman–Crippen LogP) is 3.48. The maximum absolute atomic E-state index is 13.3. The molecular formula is C20H26N4O2S. The van der Waals surface area contributed by atoms with Crippen LogP contribution in [-0.4, -0.2) is 32.1 Å². The van der Waals surface area contributed by atoms with Crippen molar-refractivity contribution in [2.45, 2.75) is 70.6 Å². The van der Waals surface area contributed by atoms with E-state index >= 15 is 0 Å². The van der Waals surface area contributed by atoms with Gasteiger partial charge in [0.2, 0.25) is 0 Å². The Hall–Kier alpha value is -2.04. The summed E-state index contributed by atoms with van der Waals surface area (Å²) in [5, 5.41) is 6.46. The Morgan fingerprint density at radius 3 is 2.78 bits per heavy atom. The molecule has 0 radical (unpaired) electrons. The lowest BCUT2D eigenvalue weighted by Gasteiger charge is -2.33. The number of hydrogen-bond acceptors (Lipinski definition) is 7. The summed E-state index contributed by atoms with van der Waals surface area (Å²) >= 11 is 1.57. The van der Waals surface area contributed by atoms with Crippen LogP contribution in [0.4, 0.5) is 0 Å². The molecule has 3 heterocycles. The van der Waals surface area contributed by atoms with Crippen molar-refractivity contribution in [1.82, 2.24) is 20.3 Å². The molecule has 1 aliphatic heterocycles. The van der Waals surface area contributed by atoms with Crippen molar-refractivity contribution in [2.24, 2.45) is 5.92 Å². The first-order valence-electron chi connectivity index (χ1n) is 9.21. The Morgan fingerprint density at radius 2 is 2.22 bits per heavy atom.